The Labute approximate surface area is 94.0 Å². The highest BCUT2D eigenvalue weighted by Gasteiger charge is 2.09. The highest BCUT2D eigenvalue weighted by atomic mass is 79.9. The van der Waals surface area contributed by atoms with Crippen molar-refractivity contribution in [2.45, 2.75) is 6.92 Å². The number of hydrogen-bond acceptors (Lipinski definition) is 3. The molecule has 0 aromatic carbocycles. The molecule has 0 spiro atoms. The zero-order chi connectivity index (χ0) is 10.1. The van der Waals surface area contributed by atoms with Gasteiger partial charge in [0.05, 0.1) is 6.61 Å². The predicted molar refractivity (Wildman–Crippen MR) is 56.9 cm³/mol. The normalized spacial score (nSPS) is 10.8. The molecule has 4 nitrogen and oxygen atoms in total. The van der Waals surface area contributed by atoms with Crippen LogP contribution in [-0.2, 0) is 0 Å². The van der Waals surface area contributed by atoms with E-state index in [1.54, 1.807) is 4.52 Å². The summed E-state index contributed by atoms with van der Waals surface area (Å²) in [4.78, 5) is 3.99. The Bertz CT molecular complexity index is 471. The van der Waals surface area contributed by atoms with Crippen molar-refractivity contribution in [3.8, 4) is 5.88 Å². The fourth-order valence-corrected chi connectivity index (χ4v) is 1.71. The summed E-state index contributed by atoms with van der Waals surface area (Å²) in [6.45, 7) is 2.44. The number of hydrogen-bond donors (Lipinski definition) is 0. The largest absolute Gasteiger partial charge is 0.476 e. The van der Waals surface area contributed by atoms with Gasteiger partial charge in [0.1, 0.15) is 10.1 Å². The number of fused-ring (bicyclic) bond motifs is 1. The minimum Gasteiger partial charge on any atom is -0.476 e. The standard InChI is InChI=1S/C8H7BrClN3O/c1-2-14-7-5-3-4-6(9)13(5)12-8(10)11-7/h3-4H,2H2,1H3. The molecule has 6 heteroatoms. The van der Waals surface area contributed by atoms with E-state index in [2.05, 4.69) is 26.0 Å². The topological polar surface area (TPSA) is 39.4 Å². The van der Waals surface area contributed by atoms with Crippen LogP contribution in [-0.4, -0.2) is 21.2 Å². The first-order chi connectivity index (χ1) is 6.72. The number of rotatable bonds is 2. The van der Waals surface area contributed by atoms with E-state index in [1.165, 1.54) is 0 Å². The monoisotopic (exact) mass is 275 g/mol. The molecule has 0 radical (unpaired) electrons. The van der Waals surface area contributed by atoms with Crippen LogP contribution in [0.15, 0.2) is 16.7 Å². The number of ether oxygens (including phenoxy) is 1. The van der Waals surface area contributed by atoms with Crippen molar-refractivity contribution < 1.29 is 4.74 Å². The highest BCUT2D eigenvalue weighted by Crippen LogP contribution is 2.23. The molecule has 2 aromatic rings. The van der Waals surface area contributed by atoms with Gasteiger partial charge in [-0.05, 0) is 46.6 Å². The first-order valence-electron chi connectivity index (χ1n) is 4.06. The van der Waals surface area contributed by atoms with E-state index in [0.29, 0.717) is 12.5 Å². The minimum atomic E-state index is 0.165. The van der Waals surface area contributed by atoms with Crippen LogP contribution in [0.4, 0.5) is 0 Å². The average Bonchev–Trinajstić information content (AvgIpc) is 2.49. The molecule has 0 saturated carbocycles. The number of nitrogens with zero attached hydrogens (tertiary/aromatic N) is 3. The van der Waals surface area contributed by atoms with Crippen LogP contribution in [0.2, 0.25) is 5.28 Å². The molecule has 0 unspecified atom stereocenters. The summed E-state index contributed by atoms with van der Waals surface area (Å²) in [5.41, 5.74) is 0.795. The van der Waals surface area contributed by atoms with Crippen LogP contribution in [0.5, 0.6) is 5.88 Å². The molecule has 0 fully saturated rings. The lowest BCUT2D eigenvalue weighted by Gasteiger charge is -2.04. The van der Waals surface area contributed by atoms with Crippen LogP contribution in [0.3, 0.4) is 0 Å². The molecular formula is C8H7BrClN3O. The maximum Gasteiger partial charge on any atom is 0.244 e. The van der Waals surface area contributed by atoms with Gasteiger partial charge in [-0.1, -0.05) is 0 Å². The molecule has 0 atom stereocenters. The second-order valence-corrected chi connectivity index (χ2v) is 3.72. The molecule has 0 aliphatic carbocycles. The van der Waals surface area contributed by atoms with Gasteiger partial charge in [-0.25, -0.2) is 4.52 Å². The van der Waals surface area contributed by atoms with Crippen LogP contribution < -0.4 is 4.74 Å². The molecule has 0 bridgehead atoms. The first kappa shape index (κ1) is 9.73. The lowest BCUT2D eigenvalue weighted by molar-refractivity contribution is 0.328. The van der Waals surface area contributed by atoms with Gasteiger partial charge in [-0.3, -0.25) is 0 Å². The molecule has 0 amide bonds. The van der Waals surface area contributed by atoms with E-state index >= 15 is 0 Å². The van der Waals surface area contributed by atoms with E-state index in [4.69, 9.17) is 16.3 Å². The molecular weight excluding hydrogens is 269 g/mol. The molecule has 0 N–H and O–H groups in total. The molecule has 2 aromatic heterocycles. The molecule has 0 aliphatic rings. The van der Waals surface area contributed by atoms with Crippen LogP contribution >= 0.6 is 27.5 Å². The molecule has 74 valence electrons. The van der Waals surface area contributed by atoms with Gasteiger partial charge in [0.2, 0.25) is 11.2 Å². The third-order valence-corrected chi connectivity index (χ3v) is 2.45. The maximum absolute atomic E-state index is 5.74. The van der Waals surface area contributed by atoms with Gasteiger partial charge in [0, 0.05) is 0 Å². The first-order valence-corrected chi connectivity index (χ1v) is 5.23. The van der Waals surface area contributed by atoms with Crippen molar-refractivity contribution in [2.24, 2.45) is 0 Å². The predicted octanol–water partition coefficient (Wildman–Crippen LogP) is 2.54. The maximum atomic E-state index is 5.74. The second-order valence-electron chi connectivity index (χ2n) is 2.57. The van der Waals surface area contributed by atoms with Crippen molar-refractivity contribution in [3.05, 3.63) is 22.0 Å². The fourth-order valence-electron chi connectivity index (χ4n) is 1.16. The van der Waals surface area contributed by atoms with Crippen LogP contribution in [0, 0.1) is 0 Å². The summed E-state index contributed by atoms with van der Waals surface area (Å²) in [7, 11) is 0. The van der Waals surface area contributed by atoms with E-state index < -0.39 is 0 Å². The lowest BCUT2D eigenvalue weighted by Crippen LogP contribution is -2.01. The summed E-state index contributed by atoms with van der Waals surface area (Å²) in [5, 5.41) is 4.19. The zero-order valence-corrected chi connectivity index (χ0v) is 9.71. The number of halogens is 2. The lowest BCUT2D eigenvalue weighted by atomic mass is 10.5. The Hall–Kier alpha value is -0.810. The summed E-state index contributed by atoms with van der Waals surface area (Å²) < 4.78 is 7.79. The van der Waals surface area contributed by atoms with Crippen LogP contribution in [0.25, 0.3) is 5.52 Å². The Morgan fingerprint density at radius 1 is 1.57 bits per heavy atom. The van der Waals surface area contributed by atoms with Crippen LogP contribution in [0.1, 0.15) is 6.92 Å². The van der Waals surface area contributed by atoms with E-state index in [1.807, 2.05) is 19.1 Å². The number of aromatic nitrogens is 3. The van der Waals surface area contributed by atoms with Crippen molar-refractivity contribution in [2.75, 3.05) is 6.61 Å². The van der Waals surface area contributed by atoms with Gasteiger partial charge in [-0.15, -0.1) is 5.10 Å². The summed E-state index contributed by atoms with van der Waals surface area (Å²) in [6, 6.07) is 3.73. The molecule has 2 rings (SSSR count). The fraction of sp³-hybridized carbons (Fsp3) is 0.250. The summed E-state index contributed by atoms with van der Waals surface area (Å²) >= 11 is 9.09. The Kier molecular flexibility index (Phi) is 2.60. The van der Waals surface area contributed by atoms with E-state index in [0.717, 1.165) is 10.1 Å². The quantitative estimate of drug-likeness (QED) is 0.846. The molecule has 0 saturated heterocycles. The van der Waals surface area contributed by atoms with Crippen molar-refractivity contribution in [3.63, 3.8) is 0 Å². The van der Waals surface area contributed by atoms with Crippen molar-refractivity contribution in [1.29, 1.82) is 0 Å². The van der Waals surface area contributed by atoms with E-state index in [9.17, 15) is 0 Å². The smallest absolute Gasteiger partial charge is 0.244 e. The van der Waals surface area contributed by atoms with Gasteiger partial charge in [0.15, 0.2) is 0 Å². The average molecular weight is 277 g/mol. The summed E-state index contributed by atoms with van der Waals surface area (Å²) in [5.74, 6) is 0.498. The SMILES string of the molecule is CCOc1nc(Cl)nn2c(Br)ccc12. The van der Waals surface area contributed by atoms with Crippen molar-refractivity contribution >= 4 is 33.0 Å². The Balaban J connectivity index is 2.68. The Morgan fingerprint density at radius 2 is 2.36 bits per heavy atom. The van der Waals surface area contributed by atoms with Gasteiger partial charge in [0.25, 0.3) is 0 Å². The minimum absolute atomic E-state index is 0.165. The Morgan fingerprint density at radius 3 is 3.07 bits per heavy atom. The third kappa shape index (κ3) is 1.57. The highest BCUT2D eigenvalue weighted by molar-refractivity contribution is 9.10. The third-order valence-electron chi connectivity index (χ3n) is 1.69. The van der Waals surface area contributed by atoms with Gasteiger partial charge in [-0.2, -0.15) is 4.98 Å². The second kappa shape index (κ2) is 3.74. The molecule has 2 heterocycles. The van der Waals surface area contributed by atoms with Crippen molar-refractivity contribution in [1.82, 2.24) is 14.6 Å². The molecule has 14 heavy (non-hydrogen) atoms. The van der Waals surface area contributed by atoms with E-state index in [-0.39, 0.29) is 5.28 Å². The summed E-state index contributed by atoms with van der Waals surface area (Å²) in [6.07, 6.45) is 0. The van der Waals surface area contributed by atoms with Gasteiger partial charge < -0.3 is 4.74 Å². The zero-order valence-electron chi connectivity index (χ0n) is 7.37. The van der Waals surface area contributed by atoms with Gasteiger partial charge >= 0.3 is 0 Å². The molecule has 0 aliphatic heterocycles.